The minimum Gasteiger partial charge on any atom is -0.478 e. The van der Waals surface area contributed by atoms with Crippen LogP contribution < -0.4 is 0 Å². The second kappa shape index (κ2) is 5.33. The molecule has 0 spiro atoms. The van der Waals surface area contributed by atoms with Crippen molar-refractivity contribution in [2.24, 2.45) is 0 Å². The van der Waals surface area contributed by atoms with Gasteiger partial charge in [-0.05, 0) is 35.7 Å². The van der Waals surface area contributed by atoms with Crippen LogP contribution in [0.3, 0.4) is 0 Å². The molecule has 106 valence electrons. The van der Waals surface area contributed by atoms with E-state index in [4.69, 9.17) is 5.11 Å². The fourth-order valence-corrected chi connectivity index (χ4v) is 2.62. The molecule has 0 amide bonds. The first-order valence-corrected chi connectivity index (χ1v) is 7.10. The molecule has 2 aromatic carbocycles. The standard InChI is InChI=1S/C16H11BrFNO2/c17-13-4-3-12(14(18)8-13)9-19-6-5-10-1-2-11(16(20)21)7-15(10)19/h1-8H,9H2,(H,20,21). The maximum atomic E-state index is 13.9. The van der Waals surface area contributed by atoms with Crippen LogP contribution >= 0.6 is 15.9 Å². The minimum atomic E-state index is -0.973. The first-order chi connectivity index (χ1) is 10.0. The number of aromatic nitrogens is 1. The maximum absolute atomic E-state index is 13.9. The average Bonchev–Trinajstić information content (AvgIpc) is 2.84. The number of fused-ring (bicyclic) bond motifs is 1. The van der Waals surface area contributed by atoms with Gasteiger partial charge >= 0.3 is 5.97 Å². The van der Waals surface area contributed by atoms with Gasteiger partial charge in [-0.25, -0.2) is 9.18 Å². The Bertz CT molecular complexity index is 841. The fraction of sp³-hybridized carbons (Fsp3) is 0.0625. The van der Waals surface area contributed by atoms with Crippen molar-refractivity contribution in [1.82, 2.24) is 4.57 Å². The second-order valence-electron chi connectivity index (χ2n) is 4.76. The Morgan fingerprint density at radius 2 is 2.00 bits per heavy atom. The van der Waals surface area contributed by atoms with Crippen molar-refractivity contribution in [3.05, 3.63) is 70.1 Å². The molecule has 0 bridgehead atoms. The van der Waals surface area contributed by atoms with Crippen molar-refractivity contribution in [3.8, 4) is 0 Å². The molecule has 0 aliphatic heterocycles. The number of hydrogen-bond donors (Lipinski definition) is 1. The predicted molar refractivity (Wildman–Crippen MR) is 82.1 cm³/mol. The van der Waals surface area contributed by atoms with Crippen molar-refractivity contribution in [2.45, 2.75) is 6.54 Å². The van der Waals surface area contributed by atoms with E-state index in [0.29, 0.717) is 16.6 Å². The highest BCUT2D eigenvalue weighted by Crippen LogP contribution is 2.21. The molecule has 1 N–H and O–H groups in total. The molecule has 0 aliphatic carbocycles. The smallest absolute Gasteiger partial charge is 0.335 e. The third-order valence-corrected chi connectivity index (χ3v) is 3.87. The molecule has 0 aliphatic rings. The van der Waals surface area contributed by atoms with E-state index in [9.17, 15) is 9.18 Å². The van der Waals surface area contributed by atoms with Gasteiger partial charge in [0.25, 0.3) is 0 Å². The summed E-state index contributed by atoms with van der Waals surface area (Å²) >= 11 is 3.23. The van der Waals surface area contributed by atoms with Gasteiger partial charge in [0.1, 0.15) is 5.82 Å². The maximum Gasteiger partial charge on any atom is 0.335 e. The van der Waals surface area contributed by atoms with E-state index in [1.165, 1.54) is 6.07 Å². The summed E-state index contributed by atoms with van der Waals surface area (Å²) < 4.78 is 16.4. The molecular weight excluding hydrogens is 337 g/mol. The number of carboxylic acid groups (broad SMARTS) is 1. The molecule has 21 heavy (non-hydrogen) atoms. The van der Waals surface area contributed by atoms with Gasteiger partial charge in [-0.15, -0.1) is 0 Å². The lowest BCUT2D eigenvalue weighted by Crippen LogP contribution is -2.02. The summed E-state index contributed by atoms with van der Waals surface area (Å²) in [6.45, 7) is 0.353. The van der Waals surface area contributed by atoms with Gasteiger partial charge in [-0.1, -0.05) is 28.1 Å². The molecule has 0 atom stereocenters. The molecule has 1 heterocycles. The Kier molecular flexibility index (Phi) is 3.51. The van der Waals surface area contributed by atoms with E-state index in [2.05, 4.69) is 15.9 Å². The molecule has 0 saturated carbocycles. The molecule has 0 radical (unpaired) electrons. The zero-order valence-corrected chi connectivity index (χ0v) is 12.5. The number of benzene rings is 2. The molecule has 1 aromatic heterocycles. The first-order valence-electron chi connectivity index (χ1n) is 6.31. The van der Waals surface area contributed by atoms with E-state index in [0.717, 1.165) is 10.9 Å². The lowest BCUT2D eigenvalue weighted by atomic mass is 10.1. The number of carboxylic acids is 1. The number of aromatic carboxylic acids is 1. The van der Waals surface area contributed by atoms with Crippen LogP contribution in [0.25, 0.3) is 10.9 Å². The molecule has 0 saturated heterocycles. The number of halogens is 2. The Hall–Kier alpha value is -2.14. The van der Waals surface area contributed by atoms with Gasteiger partial charge < -0.3 is 9.67 Å². The molecule has 0 unspecified atom stereocenters. The van der Waals surface area contributed by atoms with E-state index < -0.39 is 5.97 Å². The van der Waals surface area contributed by atoms with E-state index >= 15 is 0 Å². The molecule has 0 fully saturated rings. The average molecular weight is 348 g/mol. The molecule has 3 aromatic rings. The Balaban J connectivity index is 2.04. The van der Waals surface area contributed by atoms with Crippen LogP contribution in [0.5, 0.6) is 0 Å². The summed E-state index contributed by atoms with van der Waals surface area (Å²) in [5.41, 5.74) is 1.55. The van der Waals surface area contributed by atoms with Crippen LogP contribution in [-0.4, -0.2) is 15.6 Å². The molecular formula is C16H11BrFNO2. The zero-order valence-electron chi connectivity index (χ0n) is 10.9. The van der Waals surface area contributed by atoms with E-state index in [1.54, 1.807) is 30.3 Å². The quantitative estimate of drug-likeness (QED) is 0.767. The highest BCUT2D eigenvalue weighted by atomic mass is 79.9. The van der Waals surface area contributed by atoms with E-state index in [-0.39, 0.29) is 11.4 Å². The monoisotopic (exact) mass is 347 g/mol. The van der Waals surface area contributed by atoms with Crippen LogP contribution in [0, 0.1) is 5.82 Å². The first kappa shape index (κ1) is 13.8. The highest BCUT2D eigenvalue weighted by Gasteiger charge is 2.09. The number of carbonyl (C=O) groups is 1. The zero-order chi connectivity index (χ0) is 15.0. The van der Waals surface area contributed by atoms with Crippen molar-refractivity contribution in [2.75, 3.05) is 0 Å². The lowest BCUT2D eigenvalue weighted by molar-refractivity contribution is 0.0697. The summed E-state index contributed by atoms with van der Waals surface area (Å²) in [5, 5.41) is 9.99. The second-order valence-corrected chi connectivity index (χ2v) is 5.67. The van der Waals surface area contributed by atoms with Crippen molar-refractivity contribution >= 4 is 32.8 Å². The third kappa shape index (κ3) is 2.69. The topological polar surface area (TPSA) is 42.2 Å². The number of rotatable bonds is 3. The Morgan fingerprint density at radius 1 is 1.19 bits per heavy atom. The van der Waals surface area contributed by atoms with Crippen molar-refractivity contribution in [1.29, 1.82) is 0 Å². The SMILES string of the molecule is O=C(O)c1ccc2ccn(Cc3ccc(Br)cc3F)c2c1. The summed E-state index contributed by atoms with van der Waals surface area (Å²) in [6.07, 6.45) is 1.83. The van der Waals surface area contributed by atoms with Crippen molar-refractivity contribution in [3.63, 3.8) is 0 Å². The summed E-state index contributed by atoms with van der Waals surface area (Å²) in [7, 11) is 0. The third-order valence-electron chi connectivity index (χ3n) is 3.38. The Labute approximate surface area is 128 Å². The van der Waals surface area contributed by atoms with Gasteiger partial charge in [0, 0.05) is 21.7 Å². The number of nitrogens with zero attached hydrogens (tertiary/aromatic N) is 1. The lowest BCUT2D eigenvalue weighted by Gasteiger charge is -2.08. The highest BCUT2D eigenvalue weighted by molar-refractivity contribution is 9.10. The largest absolute Gasteiger partial charge is 0.478 e. The van der Waals surface area contributed by atoms with Crippen LogP contribution in [0.4, 0.5) is 4.39 Å². The van der Waals surface area contributed by atoms with Crippen molar-refractivity contribution < 1.29 is 14.3 Å². The molecule has 3 nitrogen and oxygen atoms in total. The Morgan fingerprint density at radius 3 is 2.71 bits per heavy atom. The van der Waals surface area contributed by atoms with Gasteiger partial charge in [-0.3, -0.25) is 0 Å². The van der Waals surface area contributed by atoms with Crippen LogP contribution in [0.1, 0.15) is 15.9 Å². The van der Waals surface area contributed by atoms with Gasteiger partial charge in [0.2, 0.25) is 0 Å². The minimum absolute atomic E-state index is 0.221. The van der Waals surface area contributed by atoms with Gasteiger partial charge in [0.15, 0.2) is 0 Å². The predicted octanol–water partition coefficient (Wildman–Crippen LogP) is 4.29. The van der Waals surface area contributed by atoms with Crippen LogP contribution in [0.2, 0.25) is 0 Å². The van der Waals surface area contributed by atoms with E-state index in [1.807, 2.05) is 16.8 Å². The van der Waals surface area contributed by atoms with Crippen LogP contribution in [0.15, 0.2) is 53.1 Å². The molecule has 3 rings (SSSR count). The summed E-state index contributed by atoms with van der Waals surface area (Å²) in [4.78, 5) is 11.1. The number of hydrogen-bond acceptors (Lipinski definition) is 1. The summed E-state index contributed by atoms with van der Waals surface area (Å²) in [5.74, 6) is -1.26. The van der Waals surface area contributed by atoms with Crippen LogP contribution in [-0.2, 0) is 6.54 Å². The summed E-state index contributed by atoms with van der Waals surface area (Å²) in [6, 6.07) is 11.7. The normalized spacial score (nSPS) is 11.0. The van der Waals surface area contributed by atoms with Gasteiger partial charge in [0.05, 0.1) is 12.1 Å². The fourth-order valence-electron chi connectivity index (χ4n) is 2.29. The van der Waals surface area contributed by atoms with Gasteiger partial charge in [-0.2, -0.15) is 0 Å². The molecule has 5 heteroatoms.